The Labute approximate surface area is 128 Å². The molecule has 1 heterocycles. The molecule has 2 rings (SSSR count). The van der Waals surface area contributed by atoms with Crippen LogP contribution in [-0.2, 0) is 0 Å². The zero-order valence-electron chi connectivity index (χ0n) is 11.2. The number of nitrogens with one attached hydrogen (secondary N) is 1. The fourth-order valence-electron chi connectivity index (χ4n) is 1.86. The number of thiophene rings is 1. The van der Waals surface area contributed by atoms with E-state index in [1.807, 2.05) is 41.3 Å². The number of hydrogen-bond acceptors (Lipinski definition) is 3. The van der Waals surface area contributed by atoms with Crippen molar-refractivity contribution in [3.05, 3.63) is 51.2 Å². The van der Waals surface area contributed by atoms with E-state index in [2.05, 4.69) is 37.4 Å². The molecule has 0 aliphatic rings. The molecular formula is C15H18ClNS2. The Morgan fingerprint density at radius 2 is 2.05 bits per heavy atom. The van der Waals surface area contributed by atoms with Crippen LogP contribution in [0, 0.1) is 6.92 Å². The maximum atomic E-state index is 6.20. The van der Waals surface area contributed by atoms with Crippen molar-refractivity contribution in [2.45, 2.75) is 24.8 Å². The number of rotatable bonds is 6. The molecule has 0 bridgehead atoms. The van der Waals surface area contributed by atoms with Gasteiger partial charge in [0.1, 0.15) is 0 Å². The molecule has 0 amide bonds. The van der Waals surface area contributed by atoms with Gasteiger partial charge in [0.25, 0.3) is 0 Å². The third-order valence-corrected chi connectivity index (χ3v) is 5.52. The van der Waals surface area contributed by atoms with Gasteiger partial charge in [0.2, 0.25) is 0 Å². The lowest BCUT2D eigenvalue weighted by atomic mass is 10.2. The van der Waals surface area contributed by atoms with Gasteiger partial charge in [0.15, 0.2) is 0 Å². The quantitative estimate of drug-likeness (QED) is 0.740. The lowest BCUT2D eigenvalue weighted by molar-refractivity contribution is 0.615. The molecule has 0 aliphatic heterocycles. The number of hydrogen-bond donors (Lipinski definition) is 1. The summed E-state index contributed by atoms with van der Waals surface area (Å²) in [4.78, 5) is 3.92. The molecule has 0 saturated heterocycles. The summed E-state index contributed by atoms with van der Waals surface area (Å²) in [5, 5.41) is 4.39. The highest BCUT2D eigenvalue weighted by Crippen LogP contribution is 2.32. The summed E-state index contributed by atoms with van der Waals surface area (Å²) in [6.07, 6.45) is 0. The highest BCUT2D eigenvalue weighted by molar-refractivity contribution is 7.99. The summed E-state index contributed by atoms with van der Waals surface area (Å²) < 4.78 is 0. The van der Waals surface area contributed by atoms with Crippen LogP contribution in [0.4, 0.5) is 0 Å². The van der Waals surface area contributed by atoms with Crippen molar-refractivity contribution in [3.8, 4) is 0 Å². The Hall–Kier alpha value is -0.480. The molecule has 102 valence electrons. The summed E-state index contributed by atoms with van der Waals surface area (Å²) in [6, 6.07) is 12.8. The third-order valence-electron chi connectivity index (χ3n) is 2.80. The van der Waals surface area contributed by atoms with Gasteiger partial charge in [-0.1, -0.05) is 30.7 Å². The van der Waals surface area contributed by atoms with E-state index in [4.69, 9.17) is 11.6 Å². The average molecular weight is 312 g/mol. The molecule has 2 aromatic rings. The van der Waals surface area contributed by atoms with Crippen LogP contribution in [0.15, 0.2) is 41.3 Å². The van der Waals surface area contributed by atoms with E-state index in [1.165, 1.54) is 9.75 Å². The van der Waals surface area contributed by atoms with Gasteiger partial charge < -0.3 is 5.32 Å². The summed E-state index contributed by atoms with van der Waals surface area (Å²) in [7, 11) is 0. The number of thioether (sulfide) groups is 1. The van der Waals surface area contributed by atoms with E-state index in [1.54, 1.807) is 0 Å². The smallest absolute Gasteiger partial charge is 0.0541 e. The average Bonchev–Trinajstić information content (AvgIpc) is 2.83. The van der Waals surface area contributed by atoms with Crippen LogP contribution in [0.2, 0.25) is 5.02 Å². The Morgan fingerprint density at radius 1 is 1.26 bits per heavy atom. The predicted octanol–water partition coefficient (Wildman–Crippen LogP) is 5.15. The summed E-state index contributed by atoms with van der Waals surface area (Å²) in [5.41, 5.74) is 0. The molecule has 1 atom stereocenters. The van der Waals surface area contributed by atoms with Crippen molar-refractivity contribution in [2.75, 3.05) is 12.3 Å². The van der Waals surface area contributed by atoms with Gasteiger partial charge in [0, 0.05) is 20.4 Å². The van der Waals surface area contributed by atoms with Crippen molar-refractivity contribution in [1.82, 2.24) is 5.32 Å². The molecule has 0 fully saturated rings. The topological polar surface area (TPSA) is 12.0 Å². The molecule has 4 heteroatoms. The minimum atomic E-state index is 0.393. The minimum Gasteiger partial charge on any atom is -0.309 e. The highest BCUT2D eigenvalue weighted by Gasteiger charge is 2.13. The van der Waals surface area contributed by atoms with Crippen molar-refractivity contribution in [1.29, 1.82) is 0 Å². The molecule has 19 heavy (non-hydrogen) atoms. The van der Waals surface area contributed by atoms with Gasteiger partial charge in [-0.25, -0.2) is 0 Å². The molecule has 1 unspecified atom stereocenters. The van der Waals surface area contributed by atoms with Gasteiger partial charge in [-0.2, -0.15) is 0 Å². The van der Waals surface area contributed by atoms with E-state index >= 15 is 0 Å². The Bertz CT molecular complexity index is 524. The molecule has 0 saturated carbocycles. The first-order valence-corrected chi connectivity index (χ1v) is 8.55. The van der Waals surface area contributed by atoms with E-state index in [9.17, 15) is 0 Å². The van der Waals surface area contributed by atoms with Crippen LogP contribution in [0.5, 0.6) is 0 Å². The standard InChI is InChI=1S/C15H18ClNS2/c1-3-17-13(15-9-8-11(2)19-15)10-18-14-7-5-4-6-12(14)16/h4-9,13,17H,3,10H2,1-2H3. The van der Waals surface area contributed by atoms with Crippen LogP contribution in [0.25, 0.3) is 0 Å². The lowest BCUT2D eigenvalue weighted by Crippen LogP contribution is -2.22. The van der Waals surface area contributed by atoms with E-state index in [-0.39, 0.29) is 0 Å². The first-order chi connectivity index (χ1) is 9.20. The molecule has 1 N–H and O–H groups in total. The first kappa shape index (κ1) is 14.9. The summed E-state index contributed by atoms with van der Waals surface area (Å²) in [5.74, 6) is 0.998. The van der Waals surface area contributed by atoms with Crippen LogP contribution in [-0.4, -0.2) is 12.3 Å². The highest BCUT2D eigenvalue weighted by atomic mass is 35.5. The molecule has 1 aromatic carbocycles. The second-order valence-corrected chi connectivity index (χ2v) is 7.09. The Kier molecular flexibility index (Phi) is 5.76. The second-order valence-electron chi connectivity index (χ2n) is 4.30. The monoisotopic (exact) mass is 311 g/mol. The largest absolute Gasteiger partial charge is 0.309 e. The molecule has 1 nitrogen and oxygen atoms in total. The molecule has 0 radical (unpaired) electrons. The molecule has 0 aliphatic carbocycles. The van der Waals surface area contributed by atoms with Crippen molar-refractivity contribution >= 4 is 34.7 Å². The van der Waals surface area contributed by atoms with E-state index < -0.39 is 0 Å². The Morgan fingerprint density at radius 3 is 2.68 bits per heavy atom. The molecular weight excluding hydrogens is 294 g/mol. The zero-order valence-corrected chi connectivity index (χ0v) is 13.5. The summed E-state index contributed by atoms with van der Waals surface area (Å²) >= 11 is 9.87. The number of halogens is 1. The van der Waals surface area contributed by atoms with Crippen molar-refractivity contribution in [3.63, 3.8) is 0 Å². The fraction of sp³-hybridized carbons (Fsp3) is 0.333. The van der Waals surface area contributed by atoms with Crippen LogP contribution in [0.1, 0.15) is 22.7 Å². The number of benzene rings is 1. The minimum absolute atomic E-state index is 0.393. The fourth-order valence-corrected chi connectivity index (χ4v) is 4.25. The normalized spacial score (nSPS) is 12.6. The first-order valence-electron chi connectivity index (χ1n) is 6.37. The SMILES string of the molecule is CCNC(CSc1ccccc1Cl)c1ccc(C)s1. The zero-order chi connectivity index (χ0) is 13.7. The third kappa shape index (κ3) is 4.25. The maximum absolute atomic E-state index is 6.20. The van der Waals surface area contributed by atoms with Gasteiger partial charge in [-0.05, 0) is 37.7 Å². The van der Waals surface area contributed by atoms with Crippen LogP contribution < -0.4 is 5.32 Å². The second kappa shape index (κ2) is 7.34. The van der Waals surface area contributed by atoms with Crippen LogP contribution >= 0.6 is 34.7 Å². The van der Waals surface area contributed by atoms with Crippen molar-refractivity contribution in [2.24, 2.45) is 0 Å². The molecule has 0 spiro atoms. The predicted molar refractivity (Wildman–Crippen MR) is 87.6 cm³/mol. The Balaban J connectivity index is 2.03. The van der Waals surface area contributed by atoms with Crippen molar-refractivity contribution < 1.29 is 0 Å². The van der Waals surface area contributed by atoms with E-state index in [0.717, 1.165) is 22.2 Å². The van der Waals surface area contributed by atoms with Crippen LogP contribution in [0.3, 0.4) is 0 Å². The van der Waals surface area contributed by atoms with E-state index in [0.29, 0.717) is 6.04 Å². The summed E-state index contributed by atoms with van der Waals surface area (Å²) in [6.45, 7) is 5.27. The lowest BCUT2D eigenvalue weighted by Gasteiger charge is -2.16. The maximum Gasteiger partial charge on any atom is 0.0541 e. The number of aryl methyl sites for hydroxylation is 1. The van der Waals surface area contributed by atoms with Gasteiger partial charge in [-0.15, -0.1) is 23.1 Å². The van der Waals surface area contributed by atoms with Gasteiger partial charge in [0.05, 0.1) is 11.1 Å². The van der Waals surface area contributed by atoms with Gasteiger partial charge in [-0.3, -0.25) is 0 Å². The van der Waals surface area contributed by atoms with Gasteiger partial charge >= 0.3 is 0 Å². The molecule has 1 aromatic heterocycles.